The maximum Gasteiger partial charge on any atom is 0.240 e. The summed E-state index contributed by atoms with van der Waals surface area (Å²) in [5.74, 6) is 0.961. The number of anilines is 1. The molecule has 0 aliphatic heterocycles. The van der Waals surface area contributed by atoms with E-state index < -0.39 is 0 Å². The number of aromatic amines is 1. The highest BCUT2D eigenvalue weighted by Crippen LogP contribution is 2.29. The van der Waals surface area contributed by atoms with E-state index in [9.17, 15) is 0 Å². The fourth-order valence-corrected chi connectivity index (χ4v) is 1.89. The molecule has 0 bridgehead atoms. The minimum atomic E-state index is 0.151. The lowest BCUT2D eigenvalue weighted by atomic mass is 10.2. The van der Waals surface area contributed by atoms with Crippen molar-refractivity contribution < 1.29 is 4.74 Å². The number of benzene rings is 1. The molecular weight excluding hydrogens is 230 g/mol. The summed E-state index contributed by atoms with van der Waals surface area (Å²) in [6.07, 6.45) is 1.56. The second-order valence-corrected chi connectivity index (χ2v) is 3.80. The number of nitrogens with one attached hydrogen (secondary N) is 1. The van der Waals surface area contributed by atoms with Crippen molar-refractivity contribution >= 4 is 16.9 Å². The molecular formula is C12H11N5O. The van der Waals surface area contributed by atoms with Gasteiger partial charge in [0.25, 0.3) is 0 Å². The Morgan fingerprint density at radius 1 is 1.33 bits per heavy atom. The Bertz CT molecular complexity index is 707. The van der Waals surface area contributed by atoms with Crippen molar-refractivity contribution in [1.82, 2.24) is 20.2 Å². The number of nitrogens with zero attached hydrogens (tertiary/aromatic N) is 3. The van der Waals surface area contributed by atoms with Gasteiger partial charge in [0.15, 0.2) is 0 Å². The number of H-pyrrole nitrogens is 1. The first-order chi connectivity index (χ1) is 8.78. The van der Waals surface area contributed by atoms with Crippen molar-refractivity contribution in [3.63, 3.8) is 0 Å². The molecule has 1 aromatic carbocycles. The van der Waals surface area contributed by atoms with E-state index in [-0.39, 0.29) is 5.95 Å². The number of hydrogen-bond donors (Lipinski definition) is 2. The molecule has 6 nitrogen and oxygen atoms in total. The van der Waals surface area contributed by atoms with Crippen LogP contribution in [0.15, 0.2) is 30.5 Å². The standard InChI is InChI=1S/C12H11N5O/c1-18-11-4-2-3-8-7(11)5-9(15-8)10-6-14-17-12(13)16-10/h2-6,15H,1H3,(H2,13,16,17). The van der Waals surface area contributed by atoms with Gasteiger partial charge < -0.3 is 15.5 Å². The highest BCUT2D eigenvalue weighted by Gasteiger charge is 2.08. The van der Waals surface area contributed by atoms with E-state index >= 15 is 0 Å². The molecule has 90 valence electrons. The Hall–Kier alpha value is -2.63. The van der Waals surface area contributed by atoms with E-state index in [0.717, 1.165) is 22.3 Å². The second kappa shape index (κ2) is 3.99. The summed E-state index contributed by atoms with van der Waals surface area (Å²) in [4.78, 5) is 7.37. The molecule has 0 saturated carbocycles. The van der Waals surface area contributed by atoms with Crippen LogP contribution in [0.5, 0.6) is 5.75 Å². The molecule has 3 N–H and O–H groups in total. The van der Waals surface area contributed by atoms with Gasteiger partial charge in [-0.25, -0.2) is 4.98 Å². The van der Waals surface area contributed by atoms with E-state index in [2.05, 4.69) is 20.2 Å². The maximum absolute atomic E-state index is 5.52. The molecule has 0 radical (unpaired) electrons. The number of nitrogen functional groups attached to an aromatic ring is 1. The Morgan fingerprint density at radius 3 is 3.00 bits per heavy atom. The summed E-state index contributed by atoms with van der Waals surface area (Å²) in [7, 11) is 1.64. The lowest BCUT2D eigenvalue weighted by molar-refractivity contribution is 0.420. The van der Waals surface area contributed by atoms with Gasteiger partial charge in [0.2, 0.25) is 5.95 Å². The van der Waals surface area contributed by atoms with Gasteiger partial charge in [-0.3, -0.25) is 0 Å². The number of nitrogens with two attached hydrogens (primary N) is 1. The lowest BCUT2D eigenvalue weighted by Crippen LogP contribution is -1.97. The van der Waals surface area contributed by atoms with Crippen molar-refractivity contribution in [2.24, 2.45) is 0 Å². The average Bonchev–Trinajstić information content (AvgIpc) is 2.82. The zero-order chi connectivity index (χ0) is 12.5. The van der Waals surface area contributed by atoms with E-state index in [1.54, 1.807) is 13.3 Å². The first-order valence-corrected chi connectivity index (χ1v) is 5.39. The van der Waals surface area contributed by atoms with Crippen LogP contribution in [0.4, 0.5) is 5.95 Å². The van der Waals surface area contributed by atoms with Crippen molar-refractivity contribution in [3.8, 4) is 17.1 Å². The predicted molar refractivity (Wildman–Crippen MR) is 68.1 cm³/mol. The molecule has 3 rings (SSSR count). The average molecular weight is 241 g/mol. The van der Waals surface area contributed by atoms with Gasteiger partial charge in [-0.05, 0) is 18.2 Å². The molecule has 2 aromatic heterocycles. The highest BCUT2D eigenvalue weighted by atomic mass is 16.5. The molecule has 0 unspecified atom stereocenters. The van der Waals surface area contributed by atoms with Crippen LogP contribution in [0, 0.1) is 0 Å². The summed E-state index contributed by atoms with van der Waals surface area (Å²) in [5, 5.41) is 8.41. The lowest BCUT2D eigenvalue weighted by Gasteiger charge is -1.99. The monoisotopic (exact) mass is 241 g/mol. The van der Waals surface area contributed by atoms with Crippen molar-refractivity contribution in [3.05, 3.63) is 30.5 Å². The zero-order valence-corrected chi connectivity index (χ0v) is 9.71. The Labute approximate surface area is 103 Å². The fourth-order valence-electron chi connectivity index (χ4n) is 1.89. The van der Waals surface area contributed by atoms with Crippen LogP contribution >= 0.6 is 0 Å². The SMILES string of the molecule is COc1cccc2[nH]c(-c3cnnc(N)n3)cc12. The number of methoxy groups -OCH3 is 1. The van der Waals surface area contributed by atoms with E-state index in [4.69, 9.17) is 10.5 Å². The number of aromatic nitrogens is 4. The highest BCUT2D eigenvalue weighted by molar-refractivity contribution is 5.90. The Balaban J connectivity index is 2.19. The largest absolute Gasteiger partial charge is 0.496 e. The normalized spacial score (nSPS) is 10.7. The topological polar surface area (TPSA) is 89.7 Å². The van der Waals surface area contributed by atoms with Gasteiger partial charge in [-0.1, -0.05) is 6.07 Å². The quantitative estimate of drug-likeness (QED) is 0.711. The van der Waals surface area contributed by atoms with Gasteiger partial charge in [0.1, 0.15) is 11.4 Å². The first-order valence-electron chi connectivity index (χ1n) is 5.39. The van der Waals surface area contributed by atoms with Crippen molar-refractivity contribution in [1.29, 1.82) is 0 Å². The molecule has 0 spiro atoms. The molecule has 3 aromatic rings. The minimum absolute atomic E-state index is 0.151. The molecule has 0 aliphatic carbocycles. The van der Waals surface area contributed by atoms with Gasteiger partial charge in [-0.2, -0.15) is 5.10 Å². The van der Waals surface area contributed by atoms with Crippen LogP contribution in [0.25, 0.3) is 22.3 Å². The molecule has 0 amide bonds. The molecule has 0 atom stereocenters. The number of hydrogen-bond acceptors (Lipinski definition) is 5. The number of rotatable bonds is 2. The van der Waals surface area contributed by atoms with Gasteiger partial charge in [0, 0.05) is 10.9 Å². The second-order valence-electron chi connectivity index (χ2n) is 3.80. The summed E-state index contributed by atoms with van der Waals surface area (Å²) in [6, 6.07) is 7.76. The van der Waals surface area contributed by atoms with Crippen LogP contribution in [-0.2, 0) is 0 Å². The smallest absolute Gasteiger partial charge is 0.240 e. The third kappa shape index (κ3) is 1.64. The Kier molecular flexibility index (Phi) is 2.33. The maximum atomic E-state index is 5.52. The number of fused-ring (bicyclic) bond motifs is 1. The van der Waals surface area contributed by atoms with E-state index in [0.29, 0.717) is 5.69 Å². The number of ether oxygens (including phenoxy) is 1. The van der Waals surface area contributed by atoms with Crippen LogP contribution in [0.3, 0.4) is 0 Å². The zero-order valence-electron chi connectivity index (χ0n) is 9.71. The molecule has 6 heteroatoms. The molecule has 2 heterocycles. The van der Waals surface area contributed by atoms with Gasteiger partial charge in [-0.15, -0.1) is 5.10 Å². The summed E-state index contributed by atoms with van der Waals surface area (Å²) >= 11 is 0. The van der Waals surface area contributed by atoms with Crippen molar-refractivity contribution in [2.75, 3.05) is 12.8 Å². The molecule has 0 aliphatic rings. The molecule has 0 fully saturated rings. The van der Waals surface area contributed by atoms with E-state index in [1.807, 2.05) is 24.3 Å². The van der Waals surface area contributed by atoms with Crippen LogP contribution in [0.2, 0.25) is 0 Å². The molecule has 0 saturated heterocycles. The summed E-state index contributed by atoms with van der Waals surface area (Å²) < 4.78 is 5.31. The third-order valence-corrected chi connectivity index (χ3v) is 2.70. The Morgan fingerprint density at radius 2 is 2.22 bits per heavy atom. The van der Waals surface area contributed by atoms with Gasteiger partial charge in [0.05, 0.1) is 19.0 Å². The molecule has 18 heavy (non-hydrogen) atoms. The fraction of sp³-hybridized carbons (Fsp3) is 0.0833. The summed E-state index contributed by atoms with van der Waals surface area (Å²) in [5.41, 5.74) is 7.98. The van der Waals surface area contributed by atoms with Crippen LogP contribution < -0.4 is 10.5 Å². The summed E-state index contributed by atoms with van der Waals surface area (Å²) in [6.45, 7) is 0. The predicted octanol–water partition coefficient (Wildman–Crippen LogP) is 1.61. The minimum Gasteiger partial charge on any atom is -0.496 e. The van der Waals surface area contributed by atoms with Gasteiger partial charge >= 0.3 is 0 Å². The first kappa shape index (κ1) is 10.5. The van der Waals surface area contributed by atoms with Crippen LogP contribution in [-0.4, -0.2) is 27.3 Å². The van der Waals surface area contributed by atoms with Crippen molar-refractivity contribution in [2.45, 2.75) is 0 Å². The van der Waals surface area contributed by atoms with E-state index in [1.165, 1.54) is 0 Å². The van der Waals surface area contributed by atoms with Crippen LogP contribution in [0.1, 0.15) is 0 Å². The third-order valence-electron chi connectivity index (χ3n) is 2.70.